The highest BCUT2D eigenvalue weighted by Crippen LogP contribution is 2.23. The third-order valence-electron chi connectivity index (χ3n) is 4.31. The van der Waals surface area contributed by atoms with E-state index < -0.39 is 11.9 Å². The van der Waals surface area contributed by atoms with Gasteiger partial charge in [-0.05, 0) is 73.2 Å². The first-order valence-electron chi connectivity index (χ1n) is 10.4. The molecule has 0 saturated carbocycles. The molecule has 0 fully saturated rings. The van der Waals surface area contributed by atoms with E-state index in [2.05, 4.69) is 26.5 Å². The number of nitrogens with one attached hydrogen (secondary N) is 1. The summed E-state index contributed by atoms with van der Waals surface area (Å²) >= 11 is 9.20. The van der Waals surface area contributed by atoms with Crippen LogP contribution in [0.3, 0.4) is 0 Å². The lowest BCUT2D eigenvalue weighted by molar-refractivity contribution is -0.123. The van der Waals surface area contributed by atoms with Crippen LogP contribution in [0.4, 0.5) is 0 Å². The van der Waals surface area contributed by atoms with Crippen molar-refractivity contribution in [2.75, 3.05) is 13.2 Å². The zero-order chi connectivity index (χ0) is 24.3. The Bertz CT molecular complexity index is 1150. The molecule has 0 unspecified atom stereocenters. The summed E-state index contributed by atoms with van der Waals surface area (Å²) in [7, 11) is 0. The maximum Gasteiger partial charge on any atom is 0.343 e. The Morgan fingerprint density at radius 2 is 1.68 bits per heavy atom. The van der Waals surface area contributed by atoms with Crippen molar-refractivity contribution < 1.29 is 23.8 Å². The molecule has 0 aliphatic rings. The summed E-state index contributed by atoms with van der Waals surface area (Å²) in [4.78, 5) is 24.6. The minimum atomic E-state index is -0.528. The number of ether oxygens (including phenoxy) is 3. The molecule has 0 aliphatic heterocycles. The van der Waals surface area contributed by atoms with Gasteiger partial charge in [0.15, 0.2) is 6.61 Å². The van der Waals surface area contributed by atoms with Crippen LogP contribution < -0.4 is 19.6 Å². The van der Waals surface area contributed by atoms with Gasteiger partial charge in [0.25, 0.3) is 5.91 Å². The topological polar surface area (TPSA) is 86.2 Å². The Kier molecular flexibility index (Phi) is 9.49. The number of benzene rings is 3. The first kappa shape index (κ1) is 25.3. The molecule has 1 amide bonds. The molecular formula is C25H22BrClN2O5. The van der Waals surface area contributed by atoms with Crippen molar-refractivity contribution in [3.63, 3.8) is 0 Å². The van der Waals surface area contributed by atoms with E-state index in [1.807, 2.05) is 6.92 Å². The molecule has 3 rings (SSSR count). The van der Waals surface area contributed by atoms with Gasteiger partial charge in [0.2, 0.25) is 0 Å². The fourth-order valence-electron chi connectivity index (χ4n) is 2.66. The summed E-state index contributed by atoms with van der Waals surface area (Å²) in [6, 6.07) is 18.4. The number of hydrogen-bond acceptors (Lipinski definition) is 6. The molecule has 9 heteroatoms. The average Bonchev–Trinajstić information content (AvgIpc) is 2.84. The van der Waals surface area contributed by atoms with Gasteiger partial charge in [-0.25, -0.2) is 10.2 Å². The summed E-state index contributed by atoms with van der Waals surface area (Å²) in [5.41, 5.74) is 3.24. The van der Waals surface area contributed by atoms with Crippen molar-refractivity contribution in [3.8, 4) is 17.2 Å². The standard InChI is InChI=1S/C25H22BrClN2O5/c1-2-13-32-21-8-3-17(4-9-21)25(31)34-23-12-5-19(26)14-18(23)15-28-29-24(30)16-33-22-10-6-20(27)7-11-22/h3-12,14-15H,2,13,16H2,1H3,(H,29,30). The zero-order valence-electron chi connectivity index (χ0n) is 18.3. The molecule has 1 N–H and O–H groups in total. The maximum absolute atomic E-state index is 12.6. The second kappa shape index (κ2) is 12.8. The van der Waals surface area contributed by atoms with Gasteiger partial charge in [0.1, 0.15) is 17.2 Å². The van der Waals surface area contributed by atoms with Crippen LogP contribution in [-0.4, -0.2) is 31.3 Å². The number of nitrogens with zero attached hydrogens (tertiary/aromatic N) is 1. The minimum absolute atomic E-state index is 0.225. The van der Waals surface area contributed by atoms with Crippen molar-refractivity contribution in [1.29, 1.82) is 0 Å². The molecule has 0 spiro atoms. The van der Waals surface area contributed by atoms with Crippen molar-refractivity contribution >= 4 is 45.6 Å². The Morgan fingerprint density at radius 3 is 2.38 bits per heavy atom. The predicted octanol–water partition coefficient (Wildman–Crippen LogP) is 5.64. The summed E-state index contributed by atoms with van der Waals surface area (Å²) in [6.45, 7) is 2.40. The second-order valence-electron chi connectivity index (χ2n) is 6.98. The number of amides is 1. The summed E-state index contributed by atoms with van der Waals surface area (Å²) in [5, 5.41) is 4.51. The molecule has 0 aromatic heterocycles. The Labute approximate surface area is 210 Å². The fraction of sp³-hybridized carbons (Fsp3) is 0.160. The number of hydrazone groups is 1. The number of hydrogen-bond donors (Lipinski definition) is 1. The molecule has 3 aromatic carbocycles. The SMILES string of the molecule is CCCOc1ccc(C(=O)Oc2ccc(Br)cc2C=NNC(=O)COc2ccc(Cl)cc2)cc1. The van der Waals surface area contributed by atoms with E-state index in [0.29, 0.717) is 34.3 Å². The highest BCUT2D eigenvalue weighted by Gasteiger charge is 2.12. The zero-order valence-corrected chi connectivity index (χ0v) is 20.6. The van der Waals surface area contributed by atoms with Gasteiger partial charge in [-0.3, -0.25) is 4.79 Å². The lowest BCUT2D eigenvalue weighted by Gasteiger charge is -2.09. The largest absolute Gasteiger partial charge is 0.494 e. The average molecular weight is 546 g/mol. The molecule has 0 aliphatic carbocycles. The third kappa shape index (κ3) is 7.90. The Hall–Kier alpha value is -3.36. The van der Waals surface area contributed by atoms with Crippen molar-refractivity contribution in [2.24, 2.45) is 5.10 Å². The van der Waals surface area contributed by atoms with Crippen LogP contribution in [0.1, 0.15) is 29.3 Å². The van der Waals surface area contributed by atoms with Crippen LogP contribution in [0.2, 0.25) is 5.02 Å². The Balaban J connectivity index is 1.59. The maximum atomic E-state index is 12.6. The fourth-order valence-corrected chi connectivity index (χ4v) is 3.17. The summed E-state index contributed by atoms with van der Waals surface area (Å²) < 4.78 is 17.2. The second-order valence-corrected chi connectivity index (χ2v) is 8.33. The van der Waals surface area contributed by atoms with E-state index in [-0.39, 0.29) is 12.4 Å². The molecule has 3 aromatic rings. The van der Waals surface area contributed by atoms with E-state index in [9.17, 15) is 9.59 Å². The molecule has 7 nitrogen and oxygen atoms in total. The van der Waals surface area contributed by atoms with Gasteiger partial charge in [-0.2, -0.15) is 5.10 Å². The van der Waals surface area contributed by atoms with Gasteiger partial charge < -0.3 is 14.2 Å². The van der Waals surface area contributed by atoms with Crippen LogP contribution in [0.5, 0.6) is 17.2 Å². The van der Waals surface area contributed by atoms with Crippen molar-refractivity contribution in [2.45, 2.75) is 13.3 Å². The highest BCUT2D eigenvalue weighted by molar-refractivity contribution is 9.10. The molecule has 0 saturated heterocycles. The Morgan fingerprint density at radius 1 is 1.00 bits per heavy atom. The van der Waals surface area contributed by atoms with Gasteiger partial charge in [0, 0.05) is 15.1 Å². The van der Waals surface area contributed by atoms with Gasteiger partial charge >= 0.3 is 5.97 Å². The van der Waals surface area contributed by atoms with Crippen LogP contribution in [0, 0.1) is 0 Å². The van der Waals surface area contributed by atoms with Crippen LogP contribution in [0.25, 0.3) is 0 Å². The number of carbonyl (C=O) groups excluding carboxylic acids is 2. The van der Waals surface area contributed by atoms with Crippen LogP contribution in [-0.2, 0) is 4.79 Å². The molecule has 34 heavy (non-hydrogen) atoms. The number of rotatable bonds is 10. The molecular weight excluding hydrogens is 524 g/mol. The first-order chi connectivity index (χ1) is 16.4. The van der Waals surface area contributed by atoms with E-state index >= 15 is 0 Å². The van der Waals surface area contributed by atoms with Gasteiger partial charge in [-0.15, -0.1) is 0 Å². The van der Waals surface area contributed by atoms with E-state index in [1.54, 1.807) is 66.7 Å². The monoisotopic (exact) mass is 544 g/mol. The van der Waals surface area contributed by atoms with E-state index in [0.717, 1.165) is 10.9 Å². The van der Waals surface area contributed by atoms with Crippen LogP contribution >= 0.6 is 27.5 Å². The van der Waals surface area contributed by atoms with Crippen molar-refractivity contribution in [1.82, 2.24) is 5.43 Å². The molecule has 176 valence electrons. The molecule has 0 heterocycles. The van der Waals surface area contributed by atoms with Crippen molar-refractivity contribution in [3.05, 3.63) is 87.4 Å². The number of halogens is 2. The van der Waals surface area contributed by atoms with Crippen LogP contribution in [0.15, 0.2) is 76.3 Å². The predicted molar refractivity (Wildman–Crippen MR) is 134 cm³/mol. The molecule has 0 radical (unpaired) electrons. The molecule has 0 atom stereocenters. The summed E-state index contributed by atoms with van der Waals surface area (Å²) in [6.07, 6.45) is 2.28. The lowest BCUT2D eigenvalue weighted by Crippen LogP contribution is -2.24. The first-order valence-corrected chi connectivity index (χ1v) is 11.6. The van der Waals surface area contributed by atoms with E-state index in [1.165, 1.54) is 6.21 Å². The highest BCUT2D eigenvalue weighted by atomic mass is 79.9. The normalized spacial score (nSPS) is 10.7. The summed E-state index contributed by atoms with van der Waals surface area (Å²) in [5.74, 6) is 0.500. The van der Waals surface area contributed by atoms with E-state index in [4.69, 9.17) is 25.8 Å². The number of esters is 1. The smallest absolute Gasteiger partial charge is 0.343 e. The van der Waals surface area contributed by atoms with Gasteiger partial charge in [-0.1, -0.05) is 34.5 Å². The minimum Gasteiger partial charge on any atom is -0.494 e. The lowest BCUT2D eigenvalue weighted by atomic mass is 10.2. The van der Waals surface area contributed by atoms with Gasteiger partial charge in [0.05, 0.1) is 18.4 Å². The quantitative estimate of drug-likeness (QED) is 0.154. The number of carbonyl (C=O) groups is 2. The third-order valence-corrected chi connectivity index (χ3v) is 5.06. The molecule has 0 bridgehead atoms.